The maximum absolute atomic E-state index is 11.8. The van der Waals surface area contributed by atoms with Crippen molar-refractivity contribution in [1.29, 1.82) is 0 Å². The lowest BCUT2D eigenvalue weighted by Crippen LogP contribution is -2.40. The van der Waals surface area contributed by atoms with E-state index in [-0.39, 0.29) is 30.5 Å². The number of carbonyl (C=O) groups is 1. The Bertz CT molecular complexity index is 414. The van der Waals surface area contributed by atoms with E-state index in [1.54, 1.807) is 0 Å². The molecule has 1 heterocycles. The van der Waals surface area contributed by atoms with Gasteiger partial charge >= 0.3 is 0 Å². The van der Waals surface area contributed by atoms with Crippen LogP contribution in [0.5, 0.6) is 0 Å². The fourth-order valence-corrected chi connectivity index (χ4v) is 2.53. The number of nitrogens with one attached hydrogen (secondary N) is 2. The highest BCUT2D eigenvalue weighted by atomic mass is 35.5. The normalized spacial score (nSPS) is 20.8. The molecule has 1 fully saturated rings. The van der Waals surface area contributed by atoms with E-state index in [0.29, 0.717) is 13.0 Å². The number of unbranched alkanes of at least 4 members (excludes halogenated alkanes) is 2. The number of carbonyl (C=O) groups excluding carboxylic acids is 1. The second-order valence-corrected chi connectivity index (χ2v) is 5.44. The third-order valence-electron chi connectivity index (χ3n) is 3.71. The van der Waals surface area contributed by atoms with Crippen molar-refractivity contribution in [2.75, 3.05) is 13.1 Å². The van der Waals surface area contributed by atoms with Crippen molar-refractivity contribution in [3.05, 3.63) is 35.9 Å². The first-order chi connectivity index (χ1) is 9.75. The third kappa shape index (κ3) is 6.46. The summed E-state index contributed by atoms with van der Waals surface area (Å²) in [6.07, 6.45) is 4.53. The van der Waals surface area contributed by atoms with Gasteiger partial charge in [0.15, 0.2) is 0 Å². The highest BCUT2D eigenvalue weighted by molar-refractivity contribution is 5.85. The van der Waals surface area contributed by atoms with Gasteiger partial charge in [0.05, 0.1) is 12.1 Å². The summed E-state index contributed by atoms with van der Waals surface area (Å²) in [6.45, 7) is 1.25. The molecular formula is C16H25ClN2O2. The first-order valence-electron chi connectivity index (χ1n) is 7.49. The van der Waals surface area contributed by atoms with Gasteiger partial charge in [0.25, 0.3) is 0 Å². The molecule has 0 bridgehead atoms. The fourth-order valence-electron chi connectivity index (χ4n) is 2.53. The number of hydrogen-bond acceptors (Lipinski definition) is 3. The molecule has 118 valence electrons. The molecular weight excluding hydrogens is 288 g/mol. The molecule has 1 saturated heterocycles. The molecule has 2 unspecified atom stereocenters. The molecule has 2 rings (SSSR count). The van der Waals surface area contributed by atoms with Crippen LogP contribution in [0.15, 0.2) is 30.3 Å². The lowest BCUT2D eigenvalue weighted by atomic mass is 10.1. The van der Waals surface area contributed by atoms with E-state index in [1.807, 2.05) is 6.07 Å². The van der Waals surface area contributed by atoms with Gasteiger partial charge in [-0.05, 0) is 31.2 Å². The van der Waals surface area contributed by atoms with Crippen LogP contribution in [0.1, 0.15) is 31.2 Å². The zero-order valence-electron chi connectivity index (χ0n) is 12.3. The summed E-state index contributed by atoms with van der Waals surface area (Å²) in [5.41, 5.74) is 1.38. The monoisotopic (exact) mass is 312 g/mol. The zero-order chi connectivity index (χ0) is 14.2. The third-order valence-corrected chi connectivity index (χ3v) is 3.71. The van der Waals surface area contributed by atoms with Gasteiger partial charge in [0.1, 0.15) is 0 Å². The Morgan fingerprint density at radius 1 is 1.24 bits per heavy atom. The van der Waals surface area contributed by atoms with Crippen LogP contribution < -0.4 is 10.6 Å². The van der Waals surface area contributed by atoms with Gasteiger partial charge in [0, 0.05) is 13.1 Å². The van der Waals surface area contributed by atoms with E-state index in [0.717, 1.165) is 32.2 Å². The standard InChI is InChI=1S/C16H24N2O2.ClH/c19-14-11-15(18-12-14)16(20)17-10-6-2-5-9-13-7-3-1-4-8-13;/h1,3-4,7-8,14-15,18-19H,2,5-6,9-12H2,(H,17,20);1H. The second kappa shape index (κ2) is 9.77. The number of halogens is 1. The van der Waals surface area contributed by atoms with Crippen LogP contribution in [0.3, 0.4) is 0 Å². The van der Waals surface area contributed by atoms with Crippen molar-refractivity contribution in [3.63, 3.8) is 0 Å². The number of rotatable bonds is 7. The number of amides is 1. The first kappa shape index (κ1) is 18.0. The predicted octanol–water partition coefficient (Wildman–Crippen LogP) is 1.66. The summed E-state index contributed by atoms with van der Waals surface area (Å²) in [4.78, 5) is 11.8. The molecule has 0 aliphatic carbocycles. The topological polar surface area (TPSA) is 61.4 Å². The van der Waals surface area contributed by atoms with Crippen LogP contribution >= 0.6 is 12.4 Å². The molecule has 2 atom stereocenters. The summed E-state index contributed by atoms with van der Waals surface area (Å²) in [6, 6.07) is 10.3. The maximum Gasteiger partial charge on any atom is 0.237 e. The molecule has 0 radical (unpaired) electrons. The van der Waals surface area contributed by atoms with E-state index in [4.69, 9.17) is 0 Å². The van der Waals surface area contributed by atoms with Crippen molar-refractivity contribution in [2.45, 2.75) is 44.2 Å². The molecule has 5 heteroatoms. The van der Waals surface area contributed by atoms with Crippen LogP contribution in [0.4, 0.5) is 0 Å². The predicted molar refractivity (Wildman–Crippen MR) is 86.7 cm³/mol. The van der Waals surface area contributed by atoms with E-state index < -0.39 is 0 Å². The van der Waals surface area contributed by atoms with E-state index in [1.165, 1.54) is 5.56 Å². The minimum Gasteiger partial charge on any atom is -0.392 e. The summed E-state index contributed by atoms with van der Waals surface area (Å²) < 4.78 is 0. The van der Waals surface area contributed by atoms with Crippen LogP contribution in [-0.4, -0.2) is 36.2 Å². The maximum atomic E-state index is 11.8. The summed E-state index contributed by atoms with van der Waals surface area (Å²) in [5, 5.41) is 15.3. The number of aliphatic hydroxyl groups is 1. The van der Waals surface area contributed by atoms with E-state index >= 15 is 0 Å². The van der Waals surface area contributed by atoms with Crippen molar-refractivity contribution in [1.82, 2.24) is 10.6 Å². The average molecular weight is 313 g/mol. The largest absolute Gasteiger partial charge is 0.392 e. The van der Waals surface area contributed by atoms with Crippen molar-refractivity contribution in [3.8, 4) is 0 Å². The molecule has 4 nitrogen and oxygen atoms in total. The number of aryl methyl sites for hydroxylation is 1. The van der Waals surface area contributed by atoms with Gasteiger partial charge in [-0.15, -0.1) is 12.4 Å². The molecule has 0 spiro atoms. The number of benzene rings is 1. The summed E-state index contributed by atoms with van der Waals surface area (Å²) in [5.74, 6) is 0.0182. The quantitative estimate of drug-likeness (QED) is 0.671. The summed E-state index contributed by atoms with van der Waals surface area (Å²) in [7, 11) is 0. The second-order valence-electron chi connectivity index (χ2n) is 5.44. The molecule has 1 amide bonds. The van der Waals surface area contributed by atoms with Gasteiger partial charge in [-0.3, -0.25) is 4.79 Å². The van der Waals surface area contributed by atoms with Gasteiger partial charge in [0.2, 0.25) is 5.91 Å². The minimum absolute atomic E-state index is 0. The molecule has 21 heavy (non-hydrogen) atoms. The Hall–Kier alpha value is -1.10. The SMILES string of the molecule is Cl.O=C(NCCCCCc1ccccc1)C1CC(O)CN1. The Morgan fingerprint density at radius 3 is 2.67 bits per heavy atom. The zero-order valence-corrected chi connectivity index (χ0v) is 13.1. The molecule has 0 aromatic heterocycles. The molecule has 1 aliphatic rings. The Labute approximate surface area is 132 Å². The Kier molecular flexibility index (Phi) is 8.35. The van der Waals surface area contributed by atoms with Crippen LogP contribution in [0.2, 0.25) is 0 Å². The van der Waals surface area contributed by atoms with Crippen molar-refractivity contribution >= 4 is 18.3 Å². The van der Waals surface area contributed by atoms with Gasteiger partial charge in [-0.25, -0.2) is 0 Å². The average Bonchev–Trinajstić information content (AvgIpc) is 2.90. The minimum atomic E-state index is -0.378. The molecule has 1 aromatic carbocycles. The van der Waals surface area contributed by atoms with Crippen LogP contribution in [0.25, 0.3) is 0 Å². The highest BCUT2D eigenvalue weighted by Gasteiger charge is 2.27. The number of aliphatic hydroxyl groups excluding tert-OH is 1. The van der Waals surface area contributed by atoms with Gasteiger partial charge in [-0.1, -0.05) is 36.8 Å². The summed E-state index contributed by atoms with van der Waals surface area (Å²) >= 11 is 0. The number of hydrogen-bond donors (Lipinski definition) is 3. The van der Waals surface area contributed by atoms with Gasteiger partial charge < -0.3 is 15.7 Å². The van der Waals surface area contributed by atoms with E-state index in [9.17, 15) is 9.90 Å². The highest BCUT2D eigenvalue weighted by Crippen LogP contribution is 2.07. The lowest BCUT2D eigenvalue weighted by Gasteiger charge is -2.10. The van der Waals surface area contributed by atoms with Crippen LogP contribution in [-0.2, 0) is 11.2 Å². The molecule has 0 saturated carbocycles. The van der Waals surface area contributed by atoms with Crippen molar-refractivity contribution in [2.24, 2.45) is 0 Å². The van der Waals surface area contributed by atoms with Crippen molar-refractivity contribution < 1.29 is 9.90 Å². The lowest BCUT2D eigenvalue weighted by molar-refractivity contribution is -0.122. The number of β-amino-alcohol motifs (C(OH)–C–C–N with tert-alkyl or cyclic N) is 1. The van der Waals surface area contributed by atoms with E-state index in [2.05, 4.69) is 34.9 Å². The Balaban J connectivity index is 0.00000220. The first-order valence-corrected chi connectivity index (χ1v) is 7.49. The Morgan fingerprint density at radius 2 is 2.00 bits per heavy atom. The molecule has 1 aliphatic heterocycles. The van der Waals surface area contributed by atoms with Crippen LogP contribution in [0, 0.1) is 0 Å². The smallest absolute Gasteiger partial charge is 0.237 e. The van der Waals surface area contributed by atoms with Gasteiger partial charge in [-0.2, -0.15) is 0 Å². The fraction of sp³-hybridized carbons (Fsp3) is 0.562. The molecule has 1 aromatic rings. The molecule has 3 N–H and O–H groups in total.